The maximum atomic E-state index is 13.4. The number of urea groups is 1. The molecule has 3 aromatic carbocycles. The number of hydrogen-bond acceptors (Lipinski definition) is 4. The molecule has 0 radical (unpaired) electrons. The summed E-state index contributed by atoms with van der Waals surface area (Å²) in [4.78, 5) is 31.8. The molecule has 2 N–H and O–H groups in total. The Bertz CT molecular complexity index is 1340. The van der Waals surface area contributed by atoms with E-state index in [1.165, 1.54) is 27.4 Å². The number of fused-ring (bicyclic) bond motifs is 1. The molecule has 2 saturated heterocycles. The number of likely N-dealkylation sites (N-methyl/N-ethyl adjacent to an activating group) is 1. The van der Waals surface area contributed by atoms with Crippen LogP contribution < -0.4 is 5.73 Å². The highest BCUT2D eigenvalue weighted by Crippen LogP contribution is 2.36. The van der Waals surface area contributed by atoms with E-state index >= 15 is 0 Å². The minimum Gasteiger partial charge on any atom is -0.405 e. The van der Waals surface area contributed by atoms with Crippen molar-refractivity contribution in [3.05, 3.63) is 114 Å². The molecule has 6 heteroatoms. The molecule has 0 atom stereocenters. The van der Waals surface area contributed by atoms with E-state index in [1.807, 2.05) is 61.6 Å². The number of carbonyl (C=O) groups excluding carboxylic acids is 2. The number of benzene rings is 3. The number of rotatable bonds is 6. The van der Waals surface area contributed by atoms with E-state index in [0.717, 1.165) is 25.2 Å². The van der Waals surface area contributed by atoms with Crippen LogP contribution in [0.15, 0.2) is 103 Å². The Balaban J connectivity index is 0.000000531. The fourth-order valence-corrected chi connectivity index (χ4v) is 5.34. The van der Waals surface area contributed by atoms with Gasteiger partial charge in [0.25, 0.3) is 5.91 Å². The lowest BCUT2D eigenvalue weighted by molar-refractivity contribution is -0.135. The maximum Gasteiger partial charge on any atom is 0.327 e. The average molecular weight is 523 g/mol. The number of hydrogen-bond donors (Lipinski definition) is 1. The number of piperidine rings is 1. The minimum atomic E-state index is -0.715. The zero-order chi connectivity index (χ0) is 27.7. The van der Waals surface area contributed by atoms with Gasteiger partial charge in [0.15, 0.2) is 0 Å². The van der Waals surface area contributed by atoms with Crippen molar-refractivity contribution < 1.29 is 9.59 Å². The van der Waals surface area contributed by atoms with Crippen molar-refractivity contribution in [3.8, 4) is 0 Å². The van der Waals surface area contributed by atoms with Crippen LogP contribution in [0.3, 0.4) is 0 Å². The molecule has 2 heterocycles. The first kappa shape index (κ1) is 27.9. The van der Waals surface area contributed by atoms with Crippen LogP contribution in [0.2, 0.25) is 0 Å². The molecular formula is C33H38N4O2. The topological polar surface area (TPSA) is 69.9 Å². The van der Waals surface area contributed by atoms with Crippen molar-refractivity contribution in [1.82, 2.24) is 14.7 Å². The van der Waals surface area contributed by atoms with Gasteiger partial charge in [0.05, 0.1) is 0 Å². The van der Waals surface area contributed by atoms with Gasteiger partial charge in [0, 0.05) is 33.2 Å². The highest BCUT2D eigenvalue weighted by Gasteiger charge is 2.56. The molecule has 2 fully saturated rings. The fraction of sp³-hybridized carbons (Fsp3) is 0.273. The number of likely N-dealkylation sites (tertiary alicyclic amines) is 1. The van der Waals surface area contributed by atoms with Gasteiger partial charge in [-0.05, 0) is 53.9 Å². The number of imide groups is 1. The summed E-state index contributed by atoms with van der Waals surface area (Å²) < 4.78 is 0. The molecule has 6 nitrogen and oxygen atoms in total. The van der Waals surface area contributed by atoms with Crippen LogP contribution in [0.5, 0.6) is 0 Å². The van der Waals surface area contributed by atoms with Gasteiger partial charge < -0.3 is 10.6 Å². The van der Waals surface area contributed by atoms with Crippen LogP contribution in [-0.2, 0) is 11.3 Å². The van der Waals surface area contributed by atoms with Crippen molar-refractivity contribution in [2.75, 3.05) is 26.7 Å². The third-order valence-electron chi connectivity index (χ3n) is 7.57. The lowest BCUT2D eigenvalue weighted by Crippen LogP contribution is -2.55. The van der Waals surface area contributed by atoms with E-state index in [1.54, 1.807) is 18.0 Å². The van der Waals surface area contributed by atoms with Crippen LogP contribution in [-0.4, -0.2) is 58.9 Å². The first-order valence-corrected chi connectivity index (χ1v) is 13.5. The average Bonchev–Trinajstić information content (AvgIpc) is 3.14. The SMILES string of the molecule is C/C=C\C=C/N.CN1C(=O)N(C/C=C/c2ccccc2)C(=O)C12CCN(Cc1cccc3ccccc13)CC2. The quantitative estimate of drug-likeness (QED) is 0.327. The molecule has 0 aromatic heterocycles. The zero-order valence-electron chi connectivity index (χ0n) is 22.9. The van der Waals surface area contributed by atoms with E-state index in [-0.39, 0.29) is 11.9 Å². The molecule has 2 aliphatic heterocycles. The van der Waals surface area contributed by atoms with Crippen molar-refractivity contribution >= 4 is 28.8 Å². The van der Waals surface area contributed by atoms with Crippen molar-refractivity contribution in [2.45, 2.75) is 31.8 Å². The van der Waals surface area contributed by atoms with Crippen LogP contribution in [0.1, 0.15) is 30.9 Å². The molecule has 0 bridgehead atoms. The lowest BCUT2D eigenvalue weighted by Gasteiger charge is -2.41. The van der Waals surface area contributed by atoms with Gasteiger partial charge in [0.1, 0.15) is 5.54 Å². The number of allylic oxidation sites excluding steroid dienone is 3. The summed E-state index contributed by atoms with van der Waals surface area (Å²) in [7, 11) is 1.78. The second kappa shape index (κ2) is 13.1. The Morgan fingerprint density at radius 1 is 0.897 bits per heavy atom. The predicted molar refractivity (Wildman–Crippen MR) is 160 cm³/mol. The highest BCUT2D eigenvalue weighted by atomic mass is 16.2. The maximum absolute atomic E-state index is 13.4. The summed E-state index contributed by atoms with van der Waals surface area (Å²) in [5, 5.41) is 2.53. The Hall–Kier alpha value is -4.16. The number of amides is 3. The Kier molecular flexibility index (Phi) is 9.34. The van der Waals surface area contributed by atoms with Gasteiger partial charge in [-0.1, -0.05) is 97.1 Å². The largest absolute Gasteiger partial charge is 0.405 e. The molecule has 3 aromatic rings. The Morgan fingerprint density at radius 3 is 2.28 bits per heavy atom. The summed E-state index contributed by atoms with van der Waals surface area (Å²) in [6.07, 6.45) is 12.3. The second-order valence-electron chi connectivity index (χ2n) is 9.93. The second-order valence-corrected chi connectivity index (χ2v) is 9.93. The fourth-order valence-electron chi connectivity index (χ4n) is 5.34. The van der Waals surface area contributed by atoms with Gasteiger partial charge in [0.2, 0.25) is 0 Å². The molecule has 3 amide bonds. The monoisotopic (exact) mass is 522 g/mol. The third-order valence-corrected chi connectivity index (χ3v) is 7.57. The molecule has 0 aliphatic carbocycles. The smallest absolute Gasteiger partial charge is 0.327 e. The molecular weight excluding hydrogens is 484 g/mol. The first-order chi connectivity index (χ1) is 19.0. The van der Waals surface area contributed by atoms with E-state index in [9.17, 15) is 9.59 Å². The van der Waals surface area contributed by atoms with Gasteiger partial charge in [-0.3, -0.25) is 14.6 Å². The molecule has 202 valence electrons. The van der Waals surface area contributed by atoms with Crippen molar-refractivity contribution in [3.63, 3.8) is 0 Å². The third kappa shape index (κ3) is 6.29. The molecule has 2 aliphatic rings. The highest BCUT2D eigenvalue weighted by molar-refractivity contribution is 6.07. The standard InChI is InChI=1S/C28H29N3O2.C5H9N/c1-29-27(33)31(18-8-11-22-9-3-2-4-10-22)26(32)28(29)16-19-30(20-17-28)21-24-14-7-13-23-12-5-6-15-25(23)24;1-2-3-4-5-6/h2-15H,16-21H2,1H3;2-5H,6H2,1H3/b11-8+;3-2-,5-4-. The summed E-state index contributed by atoms with van der Waals surface area (Å²) in [6, 6.07) is 24.6. The molecule has 0 unspecified atom stereocenters. The number of carbonyl (C=O) groups is 2. The van der Waals surface area contributed by atoms with Crippen LogP contribution in [0.25, 0.3) is 16.8 Å². The summed E-state index contributed by atoms with van der Waals surface area (Å²) in [5.74, 6) is -0.0578. The van der Waals surface area contributed by atoms with Crippen LogP contribution in [0, 0.1) is 0 Å². The Morgan fingerprint density at radius 2 is 1.59 bits per heavy atom. The van der Waals surface area contributed by atoms with Crippen LogP contribution in [0.4, 0.5) is 4.79 Å². The zero-order valence-corrected chi connectivity index (χ0v) is 22.9. The van der Waals surface area contributed by atoms with Gasteiger partial charge in [-0.15, -0.1) is 0 Å². The summed E-state index contributed by atoms with van der Waals surface area (Å²) in [5.41, 5.74) is 6.63. The van der Waals surface area contributed by atoms with Gasteiger partial charge in [-0.25, -0.2) is 4.79 Å². The summed E-state index contributed by atoms with van der Waals surface area (Å²) in [6.45, 7) is 4.69. The predicted octanol–water partition coefficient (Wildman–Crippen LogP) is 5.82. The van der Waals surface area contributed by atoms with Gasteiger partial charge >= 0.3 is 6.03 Å². The Labute approximate surface area is 231 Å². The van der Waals surface area contributed by atoms with Gasteiger partial charge in [-0.2, -0.15) is 0 Å². The molecule has 0 saturated carbocycles. The van der Waals surface area contributed by atoms with Crippen molar-refractivity contribution in [1.29, 1.82) is 0 Å². The van der Waals surface area contributed by atoms with Crippen LogP contribution >= 0.6 is 0 Å². The molecule has 5 rings (SSSR count). The van der Waals surface area contributed by atoms with E-state index < -0.39 is 5.54 Å². The minimum absolute atomic E-state index is 0.0578. The normalized spacial score (nSPS) is 17.7. The van der Waals surface area contributed by atoms with E-state index in [0.29, 0.717) is 19.4 Å². The molecule has 39 heavy (non-hydrogen) atoms. The number of nitrogens with zero attached hydrogens (tertiary/aromatic N) is 3. The van der Waals surface area contributed by atoms with E-state index in [4.69, 9.17) is 5.73 Å². The lowest BCUT2D eigenvalue weighted by atomic mass is 9.86. The van der Waals surface area contributed by atoms with Crippen molar-refractivity contribution in [2.24, 2.45) is 5.73 Å². The number of nitrogens with two attached hydrogens (primary N) is 1. The van der Waals surface area contributed by atoms with E-state index in [2.05, 4.69) is 47.4 Å². The first-order valence-electron chi connectivity index (χ1n) is 13.5. The molecule has 1 spiro atoms. The summed E-state index contributed by atoms with van der Waals surface area (Å²) >= 11 is 0.